The van der Waals surface area contributed by atoms with Gasteiger partial charge in [-0.2, -0.15) is 0 Å². The van der Waals surface area contributed by atoms with Gasteiger partial charge in [-0.3, -0.25) is 5.32 Å². The molecule has 17 heavy (non-hydrogen) atoms. The molecule has 0 aromatic carbocycles. The third-order valence-electron chi connectivity index (χ3n) is 3.70. The summed E-state index contributed by atoms with van der Waals surface area (Å²) in [5.41, 5.74) is 6.10. The van der Waals surface area contributed by atoms with E-state index < -0.39 is 0 Å². The SMILES string of the molecule is CC#CCNC1(CN)CCCN(CCC)CC1. The Morgan fingerprint density at radius 3 is 2.82 bits per heavy atom. The average molecular weight is 237 g/mol. The Morgan fingerprint density at radius 2 is 2.18 bits per heavy atom. The van der Waals surface area contributed by atoms with Gasteiger partial charge in [0.15, 0.2) is 0 Å². The normalized spacial score (nSPS) is 26.1. The number of nitrogens with one attached hydrogen (secondary N) is 1. The molecule has 1 aliphatic rings. The van der Waals surface area contributed by atoms with Gasteiger partial charge in [-0.05, 0) is 52.2 Å². The molecule has 1 unspecified atom stereocenters. The van der Waals surface area contributed by atoms with Crippen molar-refractivity contribution in [1.82, 2.24) is 10.2 Å². The van der Waals surface area contributed by atoms with E-state index in [1.807, 2.05) is 6.92 Å². The summed E-state index contributed by atoms with van der Waals surface area (Å²) in [5, 5.41) is 3.56. The van der Waals surface area contributed by atoms with Crippen LogP contribution in [0.5, 0.6) is 0 Å². The molecule has 3 N–H and O–H groups in total. The predicted molar refractivity (Wildman–Crippen MR) is 73.8 cm³/mol. The van der Waals surface area contributed by atoms with Crippen LogP contribution in [0.15, 0.2) is 0 Å². The maximum atomic E-state index is 5.98. The van der Waals surface area contributed by atoms with Crippen molar-refractivity contribution in [2.45, 2.75) is 45.1 Å². The van der Waals surface area contributed by atoms with Crippen LogP contribution in [0.4, 0.5) is 0 Å². The van der Waals surface area contributed by atoms with Crippen LogP contribution in [0, 0.1) is 11.8 Å². The van der Waals surface area contributed by atoms with E-state index in [1.165, 1.54) is 32.4 Å². The van der Waals surface area contributed by atoms with Crippen LogP contribution in [0.1, 0.15) is 39.5 Å². The van der Waals surface area contributed by atoms with Gasteiger partial charge in [-0.15, -0.1) is 5.92 Å². The molecule has 1 saturated heterocycles. The number of nitrogens with zero attached hydrogens (tertiary/aromatic N) is 1. The van der Waals surface area contributed by atoms with Crippen LogP contribution in [-0.4, -0.2) is 43.2 Å². The van der Waals surface area contributed by atoms with Gasteiger partial charge in [-0.1, -0.05) is 12.8 Å². The zero-order valence-corrected chi connectivity index (χ0v) is 11.4. The van der Waals surface area contributed by atoms with Crippen molar-refractivity contribution in [3.63, 3.8) is 0 Å². The molecule has 0 saturated carbocycles. The lowest BCUT2D eigenvalue weighted by atomic mass is 9.90. The lowest BCUT2D eigenvalue weighted by molar-refractivity contribution is 0.263. The third-order valence-corrected chi connectivity index (χ3v) is 3.70. The molecule has 0 aliphatic carbocycles. The Bertz CT molecular complexity index is 266. The highest BCUT2D eigenvalue weighted by molar-refractivity contribution is 5.01. The summed E-state index contributed by atoms with van der Waals surface area (Å²) in [7, 11) is 0. The van der Waals surface area contributed by atoms with Crippen molar-refractivity contribution < 1.29 is 0 Å². The fraction of sp³-hybridized carbons (Fsp3) is 0.857. The summed E-state index contributed by atoms with van der Waals surface area (Å²) in [5.74, 6) is 6.01. The largest absolute Gasteiger partial charge is 0.329 e. The molecule has 1 rings (SSSR count). The lowest BCUT2D eigenvalue weighted by Gasteiger charge is -2.32. The van der Waals surface area contributed by atoms with Gasteiger partial charge in [0.25, 0.3) is 0 Å². The van der Waals surface area contributed by atoms with Crippen LogP contribution >= 0.6 is 0 Å². The first kappa shape index (κ1) is 14.5. The van der Waals surface area contributed by atoms with Gasteiger partial charge in [0.05, 0.1) is 6.54 Å². The standard InChI is InChI=1S/C14H27N3/c1-3-5-9-16-14(13-15)7-6-11-17(10-4-2)12-8-14/h16H,4,6-13,15H2,1-2H3. The summed E-state index contributed by atoms with van der Waals surface area (Å²) < 4.78 is 0. The molecule has 0 amide bonds. The van der Waals surface area contributed by atoms with Crippen molar-refractivity contribution in [3.8, 4) is 11.8 Å². The summed E-state index contributed by atoms with van der Waals surface area (Å²) in [6.45, 7) is 9.21. The quantitative estimate of drug-likeness (QED) is 0.706. The first-order valence-electron chi connectivity index (χ1n) is 6.83. The molecular formula is C14H27N3. The molecule has 0 spiro atoms. The molecular weight excluding hydrogens is 210 g/mol. The molecule has 1 fully saturated rings. The van der Waals surface area contributed by atoms with Crippen molar-refractivity contribution in [3.05, 3.63) is 0 Å². The molecule has 3 nitrogen and oxygen atoms in total. The number of rotatable bonds is 5. The van der Waals surface area contributed by atoms with Gasteiger partial charge < -0.3 is 10.6 Å². The maximum Gasteiger partial charge on any atom is 0.0581 e. The Kier molecular flexibility index (Phi) is 6.57. The highest BCUT2D eigenvalue weighted by Crippen LogP contribution is 2.21. The Labute approximate surface area is 106 Å². The fourth-order valence-corrected chi connectivity index (χ4v) is 2.56. The van der Waals surface area contributed by atoms with Crippen LogP contribution < -0.4 is 11.1 Å². The van der Waals surface area contributed by atoms with E-state index in [4.69, 9.17) is 5.73 Å². The van der Waals surface area contributed by atoms with E-state index in [0.29, 0.717) is 0 Å². The minimum Gasteiger partial charge on any atom is -0.329 e. The smallest absolute Gasteiger partial charge is 0.0581 e. The van der Waals surface area contributed by atoms with E-state index in [0.717, 1.165) is 26.1 Å². The average Bonchev–Trinajstić information content (AvgIpc) is 2.54. The second-order valence-corrected chi connectivity index (χ2v) is 4.96. The molecule has 1 aliphatic heterocycles. The summed E-state index contributed by atoms with van der Waals surface area (Å²) in [4.78, 5) is 2.56. The van der Waals surface area contributed by atoms with E-state index in [2.05, 4.69) is 29.0 Å². The summed E-state index contributed by atoms with van der Waals surface area (Å²) >= 11 is 0. The summed E-state index contributed by atoms with van der Waals surface area (Å²) in [6.07, 6.45) is 4.80. The molecule has 0 aromatic heterocycles. The molecule has 0 aromatic rings. The second kappa shape index (κ2) is 7.71. The van der Waals surface area contributed by atoms with Crippen LogP contribution in [0.25, 0.3) is 0 Å². The number of hydrogen-bond acceptors (Lipinski definition) is 3. The van der Waals surface area contributed by atoms with E-state index in [-0.39, 0.29) is 5.54 Å². The molecule has 1 atom stereocenters. The zero-order chi connectivity index (χ0) is 12.6. The molecule has 98 valence electrons. The Morgan fingerprint density at radius 1 is 1.35 bits per heavy atom. The third kappa shape index (κ3) is 4.67. The van der Waals surface area contributed by atoms with Crippen LogP contribution in [-0.2, 0) is 0 Å². The first-order chi connectivity index (χ1) is 8.26. The van der Waals surface area contributed by atoms with Gasteiger partial charge in [0, 0.05) is 12.1 Å². The van der Waals surface area contributed by atoms with E-state index in [1.54, 1.807) is 0 Å². The van der Waals surface area contributed by atoms with Gasteiger partial charge in [-0.25, -0.2) is 0 Å². The van der Waals surface area contributed by atoms with E-state index in [9.17, 15) is 0 Å². The topological polar surface area (TPSA) is 41.3 Å². The lowest BCUT2D eigenvalue weighted by Crippen LogP contribution is -2.51. The first-order valence-corrected chi connectivity index (χ1v) is 6.83. The molecule has 0 bridgehead atoms. The monoisotopic (exact) mass is 237 g/mol. The zero-order valence-electron chi connectivity index (χ0n) is 11.4. The van der Waals surface area contributed by atoms with Crippen LogP contribution in [0.3, 0.4) is 0 Å². The highest BCUT2D eigenvalue weighted by atomic mass is 15.1. The molecule has 1 heterocycles. The van der Waals surface area contributed by atoms with Crippen LogP contribution in [0.2, 0.25) is 0 Å². The number of likely N-dealkylation sites (tertiary alicyclic amines) is 1. The fourth-order valence-electron chi connectivity index (χ4n) is 2.56. The number of hydrogen-bond donors (Lipinski definition) is 2. The van der Waals surface area contributed by atoms with Crippen molar-refractivity contribution in [1.29, 1.82) is 0 Å². The molecule has 3 heteroatoms. The summed E-state index contributed by atoms with van der Waals surface area (Å²) in [6, 6.07) is 0. The maximum absolute atomic E-state index is 5.98. The minimum atomic E-state index is 0.117. The predicted octanol–water partition coefficient (Wildman–Crippen LogP) is 1.19. The van der Waals surface area contributed by atoms with Crippen molar-refractivity contribution in [2.24, 2.45) is 5.73 Å². The highest BCUT2D eigenvalue weighted by Gasteiger charge is 2.30. The second-order valence-electron chi connectivity index (χ2n) is 4.96. The Balaban J connectivity index is 2.50. The van der Waals surface area contributed by atoms with Gasteiger partial charge in [0.2, 0.25) is 0 Å². The minimum absolute atomic E-state index is 0.117. The Hall–Kier alpha value is -0.560. The van der Waals surface area contributed by atoms with E-state index >= 15 is 0 Å². The van der Waals surface area contributed by atoms with Gasteiger partial charge in [0.1, 0.15) is 0 Å². The van der Waals surface area contributed by atoms with Gasteiger partial charge >= 0.3 is 0 Å². The molecule has 0 radical (unpaired) electrons. The number of nitrogens with two attached hydrogens (primary N) is 1. The van der Waals surface area contributed by atoms with Crippen molar-refractivity contribution >= 4 is 0 Å². The van der Waals surface area contributed by atoms with Crippen molar-refractivity contribution in [2.75, 3.05) is 32.7 Å².